The van der Waals surface area contributed by atoms with Gasteiger partial charge in [-0.2, -0.15) is 0 Å². The van der Waals surface area contributed by atoms with E-state index in [-0.39, 0.29) is 0 Å². The highest BCUT2D eigenvalue weighted by atomic mass is 15.0. The van der Waals surface area contributed by atoms with Gasteiger partial charge in [0.2, 0.25) is 0 Å². The van der Waals surface area contributed by atoms with Crippen LogP contribution < -0.4 is 5.73 Å². The molecule has 0 spiro atoms. The molecule has 2 aromatic carbocycles. The Balaban J connectivity index is 1.80. The topological polar surface area (TPSA) is 83.4 Å². The van der Waals surface area contributed by atoms with Gasteiger partial charge in [0.1, 0.15) is 17.7 Å². The van der Waals surface area contributed by atoms with Gasteiger partial charge in [0, 0.05) is 0 Å². The summed E-state index contributed by atoms with van der Waals surface area (Å²) in [6.07, 6.45) is 0. The molecule has 0 saturated carbocycles. The minimum atomic E-state index is -0.394. The molecule has 0 aliphatic rings. The third kappa shape index (κ3) is 1.68. The molecule has 5 heteroatoms. The molecule has 0 aliphatic heterocycles. The van der Waals surface area contributed by atoms with E-state index in [0.29, 0.717) is 11.6 Å². The van der Waals surface area contributed by atoms with Crippen molar-refractivity contribution in [2.75, 3.05) is 0 Å². The van der Waals surface area contributed by atoms with Gasteiger partial charge in [0.15, 0.2) is 0 Å². The second kappa shape index (κ2) is 4.18. The molecule has 0 bridgehead atoms. The molecule has 0 unspecified atom stereocenters. The fourth-order valence-electron chi connectivity index (χ4n) is 2.37. The van der Waals surface area contributed by atoms with Crippen molar-refractivity contribution in [3.05, 3.63) is 60.2 Å². The number of rotatable bonds is 2. The van der Waals surface area contributed by atoms with E-state index in [2.05, 4.69) is 19.9 Å². The number of hydrogen-bond donors (Lipinski definition) is 3. The Labute approximate surface area is 114 Å². The lowest BCUT2D eigenvalue weighted by molar-refractivity contribution is 0.756. The van der Waals surface area contributed by atoms with Gasteiger partial charge in [-0.25, -0.2) is 9.97 Å². The first-order chi connectivity index (χ1) is 9.81. The average molecular weight is 263 g/mol. The summed E-state index contributed by atoms with van der Waals surface area (Å²) in [5.41, 5.74) is 10.0. The van der Waals surface area contributed by atoms with Crippen LogP contribution in [0.4, 0.5) is 0 Å². The van der Waals surface area contributed by atoms with Gasteiger partial charge in [-0.3, -0.25) is 0 Å². The summed E-state index contributed by atoms with van der Waals surface area (Å²) in [5, 5.41) is 0. The van der Waals surface area contributed by atoms with Crippen LogP contribution in [0.2, 0.25) is 0 Å². The molecule has 0 atom stereocenters. The summed E-state index contributed by atoms with van der Waals surface area (Å²) >= 11 is 0. The van der Waals surface area contributed by atoms with Crippen LogP contribution in [0.25, 0.3) is 22.1 Å². The van der Waals surface area contributed by atoms with Crippen LogP contribution in [0.1, 0.15) is 17.7 Å². The molecule has 20 heavy (non-hydrogen) atoms. The van der Waals surface area contributed by atoms with Crippen molar-refractivity contribution in [3.63, 3.8) is 0 Å². The molecule has 4 N–H and O–H groups in total. The van der Waals surface area contributed by atoms with Gasteiger partial charge < -0.3 is 15.7 Å². The van der Waals surface area contributed by atoms with E-state index in [1.54, 1.807) is 0 Å². The highest BCUT2D eigenvalue weighted by molar-refractivity contribution is 5.76. The maximum Gasteiger partial charge on any atom is 0.132 e. The van der Waals surface area contributed by atoms with Gasteiger partial charge in [0.05, 0.1) is 22.1 Å². The Morgan fingerprint density at radius 2 is 1.20 bits per heavy atom. The number of H-pyrrole nitrogens is 2. The van der Waals surface area contributed by atoms with Crippen LogP contribution >= 0.6 is 0 Å². The highest BCUT2D eigenvalue weighted by Gasteiger charge is 2.17. The van der Waals surface area contributed by atoms with Crippen molar-refractivity contribution in [1.82, 2.24) is 19.9 Å². The number of nitrogens with zero attached hydrogens (tertiary/aromatic N) is 2. The Kier molecular flexibility index (Phi) is 2.34. The maximum absolute atomic E-state index is 6.26. The zero-order valence-corrected chi connectivity index (χ0v) is 10.7. The molecular formula is C15H13N5. The third-order valence-electron chi connectivity index (χ3n) is 3.40. The third-order valence-corrected chi connectivity index (χ3v) is 3.40. The predicted octanol–water partition coefficient (Wildman–Crippen LogP) is 2.49. The quantitative estimate of drug-likeness (QED) is 0.519. The van der Waals surface area contributed by atoms with Gasteiger partial charge >= 0.3 is 0 Å². The summed E-state index contributed by atoms with van der Waals surface area (Å²) in [6, 6.07) is 15.3. The van der Waals surface area contributed by atoms with E-state index in [0.717, 1.165) is 22.1 Å². The highest BCUT2D eigenvalue weighted by Crippen LogP contribution is 2.20. The maximum atomic E-state index is 6.26. The molecule has 0 aliphatic carbocycles. The molecule has 5 nitrogen and oxygen atoms in total. The van der Waals surface area contributed by atoms with E-state index in [9.17, 15) is 0 Å². The predicted molar refractivity (Wildman–Crippen MR) is 78.2 cm³/mol. The first kappa shape index (κ1) is 11.2. The Hall–Kier alpha value is -2.66. The first-order valence-electron chi connectivity index (χ1n) is 6.46. The monoisotopic (exact) mass is 263 g/mol. The number of imidazole rings is 2. The van der Waals surface area contributed by atoms with Crippen molar-refractivity contribution < 1.29 is 0 Å². The zero-order valence-electron chi connectivity index (χ0n) is 10.7. The van der Waals surface area contributed by atoms with E-state index in [4.69, 9.17) is 5.73 Å². The molecule has 0 amide bonds. The van der Waals surface area contributed by atoms with Crippen LogP contribution in [0, 0.1) is 0 Å². The summed E-state index contributed by atoms with van der Waals surface area (Å²) in [5.74, 6) is 1.43. The van der Waals surface area contributed by atoms with Crippen molar-refractivity contribution in [2.24, 2.45) is 5.73 Å². The van der Waals surface area contributed by atoms with Crippen LogP contribution in [-0.4, -0.2) is 19.9 Å². The minimum Gasteiger partial charge on any atom is -0.340 e. The molecule has 4 rings (SSSR count). The summed E-state index contributed by atoms with van der Waals surface area (Å²) in [7, 11) is 0. The Morgan fingerprint density at radius 3 is 1.65 bits per heavy atom. The number of nitrogens with two attached hydrogens (primary N) is 1. The lowest BCUT2D eigenvalue weighted by atomic mass is 10.3. The largest absolute Gasteiger partial charge is 0.340 e. The van der Waals surface area contributed by atoms with Gasteiger partial charge in [-0.05, 0) is 24.3 Å². The summed E-state index contributed by atoms with van der Waals surface area (Å²) in [6.45, 7) is 0. The second-order valence-electron chi connectivity index (χ2n) is 4.76. The number of aromatic nitrogens is 4. The zero-order chi connectivity index (χ0) is 13.5. The smallest absolute Gasteiger partial charge is 0.132 e. The fourth-order valence-corrected chi connectivity index (χ4v) is 2.37. The molecule has 0 radical (unpaired) electrons. The van der Waals surface area contributed by atoms with Crippen LogP contribution in [-0.2, 0) is 0 Å². The number of fused-ring (bicyclic) bond motifs is 2. The van der Waals surface area contributed by atoms with Crippen molar-refractivity contribution >= 4 is 22.1 Å². The van der Waals surface area contributed by atoms with Crippen molar-refractivity contribution in [3.8, 4) is 0 Å². The van der Waals surface area contributed by atoms with E-state index >= 15 is 0 Å². The summed E-state index contributed by atoms with van der Waals surface area (Å²) in [4.78, 5) is 15.5. The van der Waals surface area contributed by atoms with Gasteiger partial charge in [-0.15, -0.1) is 0 Å². The fraction of sp³-hybridized carbons (Fsp3) is 0.0667. The standard InChI is InChI=1S/C15H13N5/c16-13(14-17-9-5-1-2-6-10(9)18-14)15-19-11-7-3-4-8-12(11)20-15/h1-8,13H,16H2,(H,17,18)(H,19,20). The lowest BCUT2D eigenvalue weighted by Gasteiger charge is -2.03. The molecule has 2 aromatic heterocycles. The van der Waals surface area contributed by atoms with Crippen LogP contribution in [0.5, 0.6) is 0 Å². The molecule has 2 heterocycles. The van der Waals surface area contributed by atoms with Crippen LogP contribution in [0.15, 0.2) is 48.5 Å². The van der Waals surface area contributed by atoms with Crippen LogP contribution in [0.3, 0.4) is 0 Å². The second-order valence-corrected chi connectivity index (χ2v) is 4.76. The average Bonchev–Trinajstić information content (AvgIpc) is 3.10. The van der Waals surface area contributed by atoms with Gasteiger partial charge in [-0.1, -0.05) is 24.3 Å². The summed E-state index contributed by atoms with van der Waals surface area (Å²) < 4.78 is 0. The van der Waals surface area contributed by atoms with Gasteiger partial charge in [0.25, 0.3) is 0 Å². The number of hydrogen-bond acceptors (Lipinski definition) is 3. The SMILES string of the molecule is NC(c1nc2ccccc2[nH]1)c1nc2ccccc2[nH]1. The van der Waals surface area contributed by atoms with E-state index < -0.39 is 6.04 Å². The van der Waals surface area contributed by atoms with Crippen molar-refractivity contribution in [2.45, 2.75) is 6.04 Å². The molecule has 98 valence electrons. The molecule has 0 fully saturated rings. The minimum absolute atomic E-state index is 0.394. The number of nitrogens with one attached hydrogen (secondary N) is 2. The molecule has 0 saturated heterocycles. The van der Waals surface area contributed by atoms with E-state index in [1.165, 1.54) is 0 Å². The number of para-hydroxylation sites is 4. The first-order valence-corrected chi connectivity index (χ1v) is 6.46. The molecular weight excluding hydrogens is 250 g/mol. The normalized spacial score (nSPS) is 11.7. The number of benzene rings is 2. The Bertz CT molecular complexity index is 749. The van der Waals surface area contributed by atoms with E-state index in [1.807, 2.05) is 48.5 Å². The van der Waals surface area contributed by atoms with Crippen molar-refractivity contribution in [1.29, 1.82) is 0 Å². The molecule has 4 aromatic rings. The lowest BCUT2D eigenvalue weighted by Crippen LogP contribution is -2.15. The number of aromatic amines is 2. The Morgan fingerprint density at radius 1 is 0.750 bits per heavy atom.